The molecule has 0 saturated heterocycles. The van der Waals surface area contributed by atoms with Crippen LogP contribution in [0.5, 0.6) is 0 Å². The first-order valence-corrected chi connectivity index (χ1v) is 18.1. The van der Waals surface area contributed by atoms with Crippen molar-refractivity contribution < 1.29 is 0 Å². The van der Waals surface area contributed by atoms with Crippen LogP contribution in [0.4, 0.5) is 0 Å². The zero-order valence-electron chi connectivity index (χ0n) is 28.5. The molecule has 3 aliphatic carbocycles. The highest BCUT2D eigenvalue weighted by molar-refractivity contribution is 6.29. The molecule has 0 heteroatoms. The molecule has 0 N–H and O–H groups in total. The fourth-order valence-corrected chi connectivity index (χ4v) is 10.1. The van der Waals surface area contributed by atoms with Crippen LogP contribution in [0.25, 0.3) is 110 Å². The Morgan fingerprint density at radius 3 is 1.63 bits per heavy atom. The Hall–Kier alpha value is -6.24. The second-order valence-corrected chi connectivity index (χ2v) is 15.1. The Kier molecular flexibility index (Phi) is 5.14. The molecule has 12 rings (SSSR count). The lowest BCUT2D eigenvalue weighted by atomic mass is 9.80. The molecule has 0 radical (unpaired) electrons. The van der Waals surface area contributed by atoms with Crippen molar-refractivity contribution in [3.05, 3.63) is 169 Å². The summed E-state index contributed by atoms with van der Waals surface area (Å²) in [5.41, 5.74) is 21.4. The maximum Gasteiger partial charge on any atom is 0.0159 e. The van der Waals surface area contributed by atoms with E-state index in [4.69, 9.17) is 0 Å². The minimum atomic E-state index is -0.126. The first kappa shape index (κ1) is 27.6. The lowest BCUT2D eigenvalue weighted by Crippen LogP contribution is -2.15. The third kappa shape index (κ3) is 3.40. The minimum absolute atomic E-state index is 0.126. The van der Waals surface area contributed by atoms with Crippen LogP contribution in [0, 0.1) is 0 Å². The van der Waals surface area contributed by atoms with Gasteiger partial charge < -0.3 is 0 Å². The fourth-order valence-electron chi connectivity index (χ4n) is 10.1. The van der Waals surface area contributed by atoms with E-state index in [0.29, 0.717) is 0 Å². The molecule has 0 bridgehead atoms. The largest absolute Gasteiger partial charge is 0.0616 e. The summed E-state index contributed by atoms with van der Waals surface area (Å²) in [6.45, 7) is 4.81. The summed E-state index contributed by atoms with van der Waals surface area (Å²) >= 11 is 0. The molecule has 0 saturated carbocycles. The molecule has 236 valence electrons. The highest BCUT2D eigenvalue weighted by atomic mass is 14.4. The van der Waals surface area contributed by atoms with Gasteiger partial charge in [0.2, 0.25) is 0 Å². The van der Waals surface area contributed by atoms with Crippen molar-refractivity contribution in [2.24, 2.45) is 0 Å². The van der Waals surface area contributed by atoms with Crippen LogP contribution in [-0.2, 0) is 5.41 Å². The average molecular weight is 645 g/mol. The summed E-state index contributed by atoms with van der Waals surface area (Å²) in [6, 6.07) is 59.7. The molecule has 3 aliphatic rings. The quantitative estimate of drug-likeness (QED) is 0.164. The van der Waals surface area contributed by atoms with Crippen LogP contribution in [0.15, 0.2) is 158 Å². The predicted octanol–water partition coefficient (Wildman–Crippen LogP) is 14.1. The van der Waals surface area contributed by atoms with Gasteiger partial charge in [0.05, 0.1) is 0 Å². The van der Waals surface area contributed by atoms with E-state index in [0.717, 1.165) is 0 Å². The molecular formula is C51H32. The molecule has 0 heterocycles. The van der Waals surface area contributed by atoms with Crippen molar-refractivity contribution in [2.75, 3.05) is 0 Å². The maximum atomic E-state index is 2.51. The molecule has 0 unspecified atom stereocenters. The third-order valence-corrected chi connectivity index (χ3v) is 12.4. The van der Waals surface area contributed by atoms with E-state index in [9.17, 15) is 0 Å². The van der Waals surface area contributed by atoms with Gasteiger partial charge >= 0.3 is 0 Å². The van der Waals surface area contributed by atoms with E-state index in [2.05, 4.69) is 172 Å². The second-order valence-electron chi connectivity index (χ2n) is 15.1. The van der Waals surface area contributed by atoms with Crippen LogP contribution in [0.2, 0.25) is 0 Å². The van der Waals surface area contributed by atoms with Crippen molar-refractivity contribution in [3.8, 4) is 77.9 Å². The van der Waals surface area contributed by atoms with Gasteiger partial charge in [0.15, 0.2) is 0 Å². The molecule has 51 heavy (non-hydrogen) atoms. The number of hydrogen-bond donors (Lipinski definition) is 0. The smallest absolute Gasteiger partial charge is 0.0159 e. The molecule has 0 aliphatic heterocycles. The van der Waals surface area contributed by atoms with Crippen LogP contribution in [0.1, 0.15) is 25.0 Å². The zero-order chi connectivity index (χ0) is 33.6. The molecule has 9 aromatic carbocycles. The highest BCUT2D eigenvalue weighted by Gasteiger charge is 2.37. The Balaban J connectivity index is 1.06. The molecule has 0 amide bonds. The number of rotatable bonds is 2. The summed E-state index contributed by atoms with van der Waals surface area (Å²) < 4.78 is 0. The van der Waals surface area contributed by atoms with E-state index >= 15 is 0 Å². The first-order valence-electron chi connectivity index (χ1n) is 18.1. The van der Waals surface area contributed by atoms with Gasteiger partial charge in [0.1, 0.15) is 0 Å². The summed E-state index contributed by atoms with van der Waals surface area (Å²) in [6.07, 6.45) is 0. The van der Waals surface area contributed by atoms with Gasteiger partial charge in [-0.1, -0.05) is 159 Å². The topological polar surface area (TPSA) is 0 Å². The fraction of sp³-hybridized carbons (Fsp3) is 0.0588. The van der Waals surface area contributed by atoms with Gasteiger partial charge in [-0.15, -0.1) is 0 Å². The Labute approximate surface area is 297 Å². The number of fused-ring (bicyclic) bond motifs is 11. The van der Waals surface area contributed by atoms with Gasteiger partial charge in [-0.25, -0.2) is 0 Å². The molecule has 0 fully saturated rings. The van der Waals surface area contributed by atoms with Gasteiger partial charge in [0.25, 0.3) is 0 Å². The maximum absolute atomic E-state index is 2.51. The van der Waals surface area contributed by atoms with Crippen molar-refractivity contribution in [1.82, 2.24) is 0 Å². The highest BCUT2D eigenvalue weighted by Crippen LogP contribution is 2.57. The number of hydrogen-bond acceptors (Lipinski definition) is 0. The molecule has 0 nitrogen and oxygen atoms in total. The molecule has 0 atom stereocenters. The van der Waals surface area contributed by atoms with Crippen molar-refractivity contribution in [1.29, 1.82) is 0 Å². The normalized spacial score (nSPS) is 13.8. The van der Waals surface area contributed by atoms with Crippen LogP contribution >= 0.6 is 0 Å². The zero-order valence-corrected chi connectivity index (χ0v) is 28.5. The Morgan fingerprint density at radius 1 is 0.294 bits per heavy atom. The summed E-state index contributed by atoms with van der Waals surface area (Å²) in [5.74, 6) is 0. The van der Waals surface area contributed by atoms with E-state index in [1.54, 1.807) is 0 Å². The minimum Gasteiger partial charge on any atom is -0.0616 e. The molecule has 9 aromatic rings. The van der Waals surface area contributed by atoms with E-state index in [1.807, 2.05) is 0 Å². The monoisotopic (exact) mass is 644 g/mol. The number of benzene rings is 9. The Morgan fingerprint density at radius 2 is 0.843 bits per heavy atom. The lowest BCUT2D eigenvalue weighted by Gasteiger charge is -2.23. The predicted molar refractivity (Wildman–Crippen MR) is 216 cm³/mol. The SMILES string of the molecule is CC1(C)c2ccc(-c3ccc4c5c(cccc35)-c3ccccc3-4)cc2-c2ccc(-c3c4c5c(cccc5c5ccccc35)-c3ccccc3-4)cc21. The summed E-state index contributed by atoms with van der Waals surface area (Å²) in [4.78, 5) is 0. The van der Waals surface area contributed by atoms with Gasteiger partial charge in [-0.3, -0.25) is 0 Å². The lowest BCUT2D eigenvalue weighted by molar-refractivity contribution is 0.660. The second kappa shape index (κ2) is 9.50. The van der Waals surface area contributed by atoms with E-state index in [1.165, 1.54) is 121 Å². The van der Waals surface area contributed by atoms with E-state index < -0.39 is 0 Å². The van der Waals surface area contributed by atoms with E-state index in [-0.39, 0.29) is 5.41 Å². The molecule has 0 aromatic heterocycles. The molecule has 0 spiro atoms. The van der Waals surface area contributed by atoms with Gasteiger partial charge in [-0.05, 0) is 133 Å². The van der Waals surface area contributed by atoms with Gasteiger partial charge in [0, 0.05) is 5.41 Å². The first-order chi connectivity index (χ1) is 25.1. The van der Waals surface area contributed by atoms with Crippen LogP contribution in [-0.4, -0.2) is 0 Å². The standard InChI is InChI=1S/C51H32/c1-51(2)45-26-22-29(31-24-25-43-33-12-4-3-11-32(33)39-18-9-17-37(31)48(39)43)27-44(45)36-23-21-30(28-46(36)51)47-38-15-7-5-13-34(38)40-19-10-20-41-35-14-6-8-16-42(35)50(47)49(40)41/h3-28H,1-2H3. The van der Waals surface area contributed by atoms with Gasteiger partial charge in [-0.2, -0.15) is 0 Å². The summed E-state index contributed by atoms with van der Waals surface area (Å²) in [7, 11) is 0. The van der Waals surface area contributed by atoms with Crippen LogP contribution < -0.4 is 0 Å². The van der Waals surface area contributed by atoms with Crippen molar-refractivity contribution in [3.63, 3.8) is 0 Å². The summed E-state index contributed by atoms with van der Waals surface area (Å²) in [5, 5.41) is 8.07. The Bertz CT molecular complexity index is 3010. The van der Waals surface area contributed by atoms with Crippen LogP contribution in [0.3, 0.4) is 0 Å². The third-order valence-electron chi connectivity index (χ3n) is 12.4. The molecular weight excluding hydrogens is 613 g/mol. The van der Waals surface area contributed by atoms with Crippen molar-refractivity contribution in [2.45, 2.75) is 19.3 Å². The average Bonchev–Trinajstić information content (AvgIpc) is 3.77. The van der Waals surface area contributed by atoms with Crippen molar-refractivity contribution >= 4 is 32.3 Å².